The molecule has 0 aromatic heterocycles. The summed E-state index contributed by atoms with van der Waals surface area (Å²) in [6.45, 7) is 0. The SMILES string of the molecule is COc1ccc(N(C)c2ccc(C=NNC(N)=O)cc2)cc1. The van der Waals surface area contributed by atoms with E-state index >= 15 is 0 Å². The van der Waals surface area contributed by atoms with Gasteiger partial charge < -0.3 is 15.4 Å². The summed E-state index contributed by atoms with van der Waals surface area (Å²) in [6, 6.07) is 14.9. The first-order valence-electron chi connectivity index (χ1n) is 6.66. The number of anilines is 2. The van der Waals surface area contributed by atoms with Crippen LogP contribution in [-0.2, 0) is 0 Å². The number of ether oxygens (including phenoxy) is 1. The molecule has 0 atom stereocenters. The van der Waals surface area contributed by atoms with E-state index in [4.69, 9.17) is 10.5 Å². The maximum atomic E-state index is 10.5. The molecule has 2 aromatic rings. The number of hydrogen-bond acceptors (Lipinski definition) is 4. The number of carbonyl (C=O) groups excluding carboxylic acids is 1. The van der Waals surface area contributed by atoms with E-state index in [-0.39, 0.29) is 0 Å². The van der Waals surface area contributed by atoms with Gasteiger partial charge in [-0.3, -0.25) is 0 Å². The molecular formula is C16H18N4O2. The lowest BCUT2D eigenvalue weighted by atomic mass is 10.2. The fourth-order valence-electron chi connectivity index (χ4n) is 1.91. The Kier molecular flexibility index (Phi) is 4.98. The number of urea groups is 1. The smallest absolute Gasteiger partial charge is 0.332 e. The van der Waals surface area contributed by atoms with Crippen LogP contribution in [0.25, 0.3) is 0 Å². The predicted octanol–water partition coefficient (Wildman–Crippen LogP) is 2.47. The Morgan fingerprint density at radius 3 is 2.18 bits per heavy atom. The largest absolute Gasteiger partial charge is 0.497 e. The van der Waals surface area contributed by atoms with E-state index in [1.165, 1.54) is 6.21 Å². The molecule has 114 valence electrons. The molecule has 6 heteroatoms. The lowest BCUT2D eigenvalue weighted by molar-refractivity contribution is 0.249. The van der Waals surface area contributed by atoms with Crippen molar-refractivity contribution in [2.24, 2.45) is 10.8 Å². The highest BCUT2D eigenvalue weighted by Crippen LogP contribution is 2.25. The van der Waals surface area contributed by atoms with Crippen molar-refractivity contribution in [1.29, 1.82) is 0 Å². The summed E-state index contributed by atoms with van der Waals surface area (Å²) in [6.07, 6.45) is 1.53. The molecule has 0 radical (unpaired) electrons. The van der Waals surface area contributed by atoms with E-state index in [1.54, 1.807) is 7.11 Å². The van der Waals surface area contributed by atoms with Crippen LogP contribution in [0.4, 0.5) is 16.2 Å². The highest BCUT2D eigenvalue weighted by atomic mass is 16.5. The van der Waals surface area contributed by atoms with Gasteiger partial charge in [0.1, 0.15) is 5.75 Å². The number of primary amides is 1. The van der Waals surface area contributed by atoms with Gasteiger partial charge in [0, 0.05) is 18.4 Å². The first-order valence-corrected chi connectivity index (χ1v) is 6.66. The molecule has 0 heterocycles. The van der Waals surface area contributed by atoms with Crippen LogP contribution in [0, 0.1) is 0 Å². The molecule has 0 unspecified atom stereocenters. The minimum absolute atomic E-state index is 0.688. The van der Waals surface area contributed by atoms with Crippen molar-refractivity contribution < 1.29 is 9.53 Å². The molecule has 0 fully saturated rings. The van der Waals surface area contributed by atoms with Crippen LogP contribution in [0.5, 0.6) is 5.75 Å². The van der Waals surface area contributed by atoms with Gasteiger partial charge in [-0.05, 0) is 42.0 Å². The van der Waals surface area contributed by atoms with Gasteiger partial charge in [0.2, 0.25) is 0 Å². The van der Waals surface area contributed by atoms with Crippen molar-refractivity contribution >= 4 is 23.6 Å². The zero-order valence-corrected chi connectivity index (χ0v) is 12.5. The van der Waals surface area contributed by atoms with Crippen molar-refractivity contribution in [3.05, 3.63) is 54.1 Å². The second-order valence-electron chi connectivity index (χ2n) is 4.58. The zero-order chi connectivity index (χ0) is 15.9. The number of nitrogens with two attached hydrogens (primary N) is 1. The lowest BCUT2D eigenvalue weighted by Gasteiger charge is -2.19. The van der Waals surface area contributed by atoms with Gasteiger partial charge in [0.25, 0.3) is 0 Å². The molecular weight excluding hydrogens is 280 g/mol. The first-order chi connectivity index (χ1) is 10.6. The van der Waals surface area contributed by atoms with Gasteiger partial charge in [-0.15, -0.1) is 0 Å². The summed E-state index contributed by atoms with van der Waals surface area (Å²) in [5.41, 5.74) is 10.0. The molecule has 0 saturated heterocycles. The van der Waals surface area contributed by atoms with Crippen LogP contribution >= 0.6 is 0 Å². The number of amides is 2. The topological polar surface area (TPSA) is 79.9 Å². The standard InChI is InChI=1S/C16H18N4O2/c1-20(14-7-9-15(22-2)10-8-14)13-5-3-12(4-6-13)11-18-19-16(17)21/h3-11H,1-2H3,(H3,17,19,21). The number of rotatable bonds is 5. The van der Waals surface area contributed by atoms with Crippen LogP contribution in [-0.4, -0.2) is 26.4 Å². The van der Waals surface area contributed by atoms with Crippen molar-refractivity contribution in [3.63, 3.8) is 0 Å². The van der Waals surface area contributed by atoms with E-state index in [0.29, 0.717) is 0 Å². The molecule has 6 nitrogen and oxygen atoms in total. The fraction of sp³-hybridized carbons (Fsp3) is 0.125. The molecule has 0 spiro atoms. The molecule has 0 saturated carbocycles. The van der Waals surface area contributed by atoms with Crippen molar-refractivity contribution in [1.82, 2.24) is 5.43 Å². The van der Waals surface area contributed by atoms with E-state index < -0.39 is 6.03 Å². The third kappa shape index (κ3) is 3.99. The summed E-state index contributed by atoms with van der Waals surface area (Å²) in [7, 11) is 3.63. The van der Waals surface area contributed by atoms with Gasteiger partial charge in [0.15, 0.2) is 0 Å². The molecule has 22 heavy (non-hydrogen) atoms. The van der Waals surface area contributed by atoms with Crippen LogP contribution in [0.15, 0.2) is 53.6 Å². The van der Waals surface area contributed by atoms with Gasteiger partial charge in [-0.1, -0.05) is 12.1 Å². The fourth-order valence-corrected chi connectivity index (χ4v) is 1.91. The Hall–Kier alpha value is -3.02. The summed E-state index contributed by atoms with van der Waals surface area (Å²) in [5, 5.41) is 3.72. The van der Waals surface area contributed by atoms with Gasteiger partial charge in [0.05, 0.1) is 13.3 Å². The summed E-state index contributed by atoms with van der Waals surface area (Å²) in [4.78, 5) is 12.6. The number of methoxy groups -OCH3 is 1. The highest BCUT2D eigenvalue weighted by Gasteiger charge is 2.04. The third-order valence-corrected chi connectivity index (χ3v) is 3.13. The summed E-state index contributed by atoms with van der Waals surface area (Å²) >= 11 is 0. The van der Waals surface area contributed by atoms with Crippen LogP contribution in [0.3, 0.4) is 0 Å². The van der Waals surface area contributed by atoms with Crippen LogP contribution < -0.4 is 20.8 Å². The van der Waals surface area contributed by atoms with Gasteiger partial charge >= 0.3 is 6.03 Å². The maximum Gasteiger partial charge on any atom is 0.332 e. The Morgan fingerprint density at radius 2 is 1.68 bits per heavy atom. The number of hydrogen-bond donors (Lipinski definition) is 2. The average Bonchev–Trinajstić information content (AvgIpc) is 2.54. The second kappa shape index (κ2) is 7.12. The molecule has 3 N–H and O–H groups in total. The van der Waals surface area contributed by atoms with E-state index in [9.17, 15) is 4.79 Å². The number of nitrogens with zero attached hydrogens (tertiary/aromatic N) is 2. The summed E-state index contributed by atoms with van der Waals surface area (Å²) < 4.78 is 5.15. The Labute approximate surface area is 129 Å². The monoisotopic (exact) mass is 298 g/mol. The number of carbonyl (C=O) groups is 1. The minimum Gasteiger partial charge on any atom is -0.497 e. The van der Waals surface area contributed by atoms with E-state index in [1.807, 2.05) is 55.6 Å². The summed E-state index contributed by atoms with van der Waals surface area (Å²) in [5.74, 6) is 0.825. The quantitative estimate of drug-likeness (QED) is 0.657. The van der Waals surface area contributed by atoms with Crippen molar-refractivity contribution in [2.45, 2.75) is 0 Å². The van der Waals surface area contributed by atoms with Gasteiger partial charge in [-0.2, -0.15) is 5.10 Å². The number of benzene rings is 2. The highest BCUT2D eigenvalue weighted by molar-refractivity contribution is 5.82. The zero-order valence-electron chi connectivity index (χ0n) is 12.5. The van der Waals surface area contributed by atoms with Gasteiger partial charge in [-0.25, -0.2) is 10.2 Å². The average molecular weight is 298 g/mol. The molecule has 0 aliphatic rings. The Bertz CT molecular complexity index is 651. The molecule has 0 aliphatic heterocycles. The normalized spacial score (nSPS) is 10.5. The Balaban J connectivity index is 2.08. The number of nitrogens with one attached hydrogen (secondary N) is 1. The lowest BCUT2D eigenvalue weighted by Crippen LogP contribution is -2.24. The first kappa shape index (κ1) is 15.4. The Morgan fingerprint density at radius 1 is 1.14 bits per heavy atom. The molecule has 0 aliphatic carbocycles. The molecule has 0 bridgehead atoms. The minimum atomic E-state index is -0.688. The van der Waals surface area contributed by atoms with Crippen LogP contribution in [0.1, 0.15) is 5.56 Å². The third-order valence-electron chi connectivity index (χ3n) is 3.13. The van der Waals surface area contributed by atoms with Crippen molar-refractivity contribution in [2.75, 3.05) is 19.1 Å². The van der Waals surface area contributed by atoms with E-state index in [0.717, 1.165) is 22.7 Å². The maximum absolute atomic E-state index is 10.5. The second-order valence-corrected chi connectivity index (χ2v) is 4.58. The number of hydrazone groups is 1. The van der Waals surface area contributed by atoms with Crippen LogP contribution in [0.2, 0.25) is 0 Å². The molecule has 2 rings (SSSR count). The predicted molar refractivity (Wildman–Crippen MR) is 87.8 cm³/mol. The van der Waals surface area contributed by atoms with E-state index in [2.05, 4.69) is 15.4 Å². The van der Waals surface area contributed by atoms with Crippen molar-refractivity contribution in [3.8, 4) is 5.75 Å². The molecule has 2 amide bonds. The molecule has 2 aromatic carbocycles.